The summed E-state index contributed by atoms with van der Waals surface area (Å²) in [6.07, 6.45) is 3.11. The first kappa shape index (κ1) is 10.0. The maximum absolute atomic E-state index is 11.9. The van der Waals surface area contributed by atoms with Crippen molar-refractivity contribution in [3.05, 3.63) is 0 Å². The van der Waals surface area contributed by atoms with Gasteiger partial charge < -0.3 is 5.32 Å². The monoisotopic (exact) mass is 231 g/mol. The summed E-state index contributed by atoms with van der Waals surface area (Å²) in [7, 11) is -3.20. The van der Waals surface area contributed by atoms with Crippen molar-refractivity contribution in [3.63, 3.8) is 0 Å². The summed E-state index contributed by atoms with van der Waals surface area (Å²) in [4.78, 5) is 0. The van der Waals surface area contributed by atoms with Crippen molar-refractivity contribution in [2.45, 2.75) is 31.3 Å². The first-order chi connectivity index (χ1) is 7.15. The Labute approximate surface area is 90.4 Å². The molecule has 0 amide bonds. The van der Waals surface area contributed by atoms with E-state index in [1.165, 1.54) is 0 Å². The van der Waals surface area contributed by atoms with Crippen LogP contribution in [0.4, 0.5) is 0 Å². The smallest absolute Gasteiger partial charge is 0.279 e. The van der Waals surface area contributed by atoms with Gasteiger partial charge in [-0.1, -0.05) is 0 Å². The summed E-state index contributed by atoms with van der Waals surface area (Å²) < 4.78 is 28.1. The molecule has 3 aliphatic rings. The predicted octanol–water partition coefficient (Wildman–Crippen LogP) is -0.723. The summed E-state index contributed by atoms with van der Waals surface area (Å²) in [5.74, 6) is 0.528. The Morgan fingerprint density at radius 2 is 2.00 bits per heavy atom. The highest BCUT2D eigenvalue weighted by Gasteiger charge is 2.42. The van der Waals surface area contributed by atoms with E-state index in [1.807, 2.05) is 0 Å². The van der Waals surface area contributed by atoms with Crippen molar-refractivity contribution in [1.29, 1.82) is 0 Å². The van der Waals surface area contributed by atoms with Gasteiger partial charge in [-0.25, -0.2) is 0 Å². The van der Waals surface area contributed by atoms with Gasteiger partial charge in [0.05, 0.1) is 0 Å². The molecule has 0 aromatic carbocycles. The van der Waals surface area contributed by atoms with E-state index < -0.39 is 10.2 Å². The van der Waals surface area contributed by atoms with Gasteiger partial charge in [-0.2, -0.15) is 17.4 Å². The van der Waals surface area contributed by atoms with Crippen LogP contribution in [0.1, 0.15) is 19.3 Å². The van der Waals surface area contributed by atoms with Crippen LogP contribution in [0.5, 0.6) is 0 Å². The van der Waals surface area contributed by atoms with E-state index in [-0.39, 0.29) is 6.04 Å². The lowest BCUT2D eigenvalue weighted by atomic mass is 10.1. The summed E-state index contributed by atoms with van der Waals surface area (Å²) in [5, 5.41) is 3.36. The molecule has 0 unspecified atom stereocenters. The minimum absolute atomic E-state index is 0.211. The van der Waals surface area contributed by atoms with Crippen LogP contribution in [-0.4, -0.2) is 44.4 Å². The van der Waals surface area contributed by atoms with Gasteiger partial charge in [0.25, 0.3) is 10.2 Å². The Morgan fingerprint density at radius 3 is 2.67 bits per heavy atom. The summed E-state index contributed by atoms with van der Waals surface area (Å²) in [6, 6.07) is 0.601. The average molecular weight is 231 g/mol. The van der Waals surface area contributed by atoms with E-state index in [0.717, 1.165) is 25.8 Å². The van der Waals surface area contributed by atoms with Crippen molar-refractivity contribution in [2.75, 3.05) is 19.6 Å². The van der Waals surface area contributed by atoms with Gasteiger partial charge >= 0.3 is 0 Å². The third-order valence-corrected chi connectivity index (χ3v) is 5.17. The quantitative estimate of drug-likeness (QED) is 0.673. The van der Waals surface area contributed by atoms with Crippen LogP contribution >= 0.6 is 0 Å². The third-order valence-electron chi connectivity index (χ3n) is 3.56. The maximum Gasteiger partial charge on any atom is 0.279 e. The van der Waals surface area contributed by atoms with Crippen molar-refractivity contribution < 1.29 is 8.42 Å². The molecule has 15 heavy (non-hydrogen) atoms. The lowest BCUT2D eigenvalue weighted by Crippen LogP contribution is -2.42. The van der Waals surface area contributed by atoms with Crippen LogP contribution in [-0.2, 0) is 10.2 Å². The zero-order chi connectivity index (χ0) is 10.5. The topological polar surface area (TPSA) is 61.4 Å². The molecule has 2 atom stereocenters. The van der Waals surface area contributed by atoms with Crippen LogP contribution in [0.2, 0.25) is 0 Å². The second-order valence-corrected chi connectivity index (χ2v) is 6.53. The van der Waals surface area contributed by atoms with Gasteiger partial charge in [0.1, 0.15) is 0 Å². The molecule has 3 rings (SSSR count). The van der Waals surface area contributed by atoms with Crippen LogP contribution < -0.4 is 10.0 Å². The van der Waals surface area contributed by atoms with Gasteiger partial charge in [0, 0.05) is 25.2 Å². The van der Waals surface area contributed by atoms with Crippen LogP contribution in [0.3, 0.4) is 0 Å². The van der Waals surface area contributed by atoms with Crippen molar-refractivity contribution in [1.82, 2.24) is 14.3 Å². The SMILES string of the molecule is O=S(=O)(NC1CC1)N1C[C@@H]2CCN[C@@H]2C1. The van der Waals surface area contributed by atoms with E-state index in [2.05, 4.69) is 10.0 Å². The third kappa shape index (κ3) is 1.91. The molecule has 1 saturated carbocycles. The van der Waals surface area contributed by atoms with E-state index >= 15 is 0 Å². The molecule has 0 aromatic heterocycles. The minimum Gasteiger partial charge on any atom is -0.312 e. The Balaban J connectivity index is 1.67. The van der Waals surface area contributed by atoms with E-state index in [0.29, 0.717) is 25.0 Å². The molecule has 1 aliphatic carbocycles. The summed E-state index contributed by atoms with van der Waals surface area (Å²) >= 11 is 0. The highest BCUT2D eigenvalue weighted by Crippen LogP contribution is 2.27. The fraction of sp³-hybridized carbons (Fsp3) is 1.00. The fourth-order valence-corrected chi connectivity index (χ4v) is 4.04. The largest absolute Gasteiger partial charge is 0.312 e. The second kappa shape index (κ2) is 3.41. The first-order valence-electron chi connectivity index (χ1n) is 5.66. The zero-order valence-electron chi connectivity index (χ0n) is 8.65. The van der Waals surface area contributed by atoms with Gasteiger partial charge in [-0.3, -0.25) is 0 Å². The zero-order valence-corrected chi connectivity index (χ0v) is 9.46. The minimum atomic E-state index is -3.20. The molecule has 6 heteroatoms. The Kier molecular flexibility index (Phi) is 2.28. The molecular weight excluding hydrogens is 214 g/mol. The van der Waals surface area contributed by atoms with E-state index in [9.17, 15) is 8.42 Å². The first-order valence-corrected chi connectivity index (χ1v) is 7.10. The molecule has 2 saturated heterocycles. The van der Waals surface area contributed by atoms with Crippen molar-refractivity contribution >= 4 is 10.2 Å². The normalized spacial score (nSPS) is 37.1. The molecule has 86 valence electrons. The van der Waals surface area contributed by atoms with Gasteiger partial charge in [-0.15, -0.1) is 0 Å². The summed E-state index contributed by atoms with van der Waals surface area (Å²) in [6.45, 7) is 2.38. The lowest BCUT2D eigenvalue weighted by molar-refractivity contribution is 0.438. The number of hydrogen-bond acceptors (Lipinski definition) is 3. The van der Waals surface area contributed by atoms with Crippen LogP contribution in [0, 0.1) is 5.92 Å². The lowest BCUT2D eigenvalue weighted by Gasteiger charge is -2.17. The average Bonchev–Trinajstić information content (AvgIpc) is 2.72. The number of hydrogen-bond donors (Lipinski definition) is 2. The number of nitrogens with zero attached hydrogens (tertiary/aromatic N) is 1. The molecule has 2 aliphatic heterocycles. The molecular formula is C9H17N3O2S. The van der Waals surface area contributed by atoms with Gasteiger partial charge in [-0.05, 0) is 31.7 Å². The van der Waals surface area contributed by atoms with Gasteiger partial charge in [0.15, 0.2) is 0 Å². The molecule has 2 N–H and O–H groups in total. The fourth-order valence-electron chi connectivity index (χ4n) is 2.49. The maximum atomic E-state index is 11.9. The Bertz CT molecular complexity index is 340. The molecule has 0 aromatic rings. The number of nitrogens with one attached hydrogen (secondary N) is 2. The Morgan fingerprint density at radius 1 is 1.20 bits per heavy atom. The van der Waals surface area contributed by atoms with Crippen molar-refractivity contribution in [3.8, 4) is 0 Å². The second-order valence-electron chi connectivity index (χ2n) is 4.82. The standard InChI is InChI=1S/C9H17N3O2S/c13-15(14,11-8-1-2-8)12-5-7-3-4-10-9(7)6-12/h7-11H,1-6H2/t7-,9+/m0/s1. The molecule has 5 nitrogen and oxygen atoms in total. The number of fused-ring (bicyclic) bond motifs is 1. The van der Waals surface area contributed by atoms with Gasteiger partial charge in [0.2, 0.25) is 0 Å². The molecule has 0 bridgehead atoms. The van der Waals surface area contributed by atoms with E-state index in [1.54, 1.807) is 4.31 Å². The highest BCUT2D eigenvalue weighted by atomic mass is 32.2. The van der Waals surface area contributed by atoms with Crippen LogP contribution in [0.25, 0.3) is 0 Å². The molecule has 0 spiro atoms. The van der Waals surface area contributed by atoms with Crippen molar-refractivity contribution in [2.24, 2.45) is 5.92 Å². The highest BCUT2D eigenvalue weighted by molar-refractivity contribution is 7.87. The molecule has 0 radical (unpaired) electrons. The molecule has 3 fully saturated rings. The van der Waals surface area contributed by atoms with Crippen LogP contribution in [0.15, 0.2) is 0 Å². The summed E-state index contributed by atoms with van der Waals surface area (Å²) in [5.41, 5.74) is 0. The predicted molar refractivity (Wildman–Crippen MR) is 56.5 cm³/mol. The van der Waals surface area contributed by atoms with E-state index in [4.69, 9.17) is 0 Å². The Hall–Kier alpha value is -0.170. The molecule has 2 heterocycles. The number of rotatable bonds is 3.